The molecular weight excluding hydrogens is 136 g/mol. The SMILES string of the molecule is CCCS(=O)NCCN. The van der Waals surface area contributed by atoms with E-state index in [1.165, 1.54) is 0 Å². The van der Waals surface area contributed by atoms with E-state index in [1.807, 2.05) is 6.92 Å². The minimum Gasteiger partial charge on any atom is -0.329 e. The average Bonchev–Trinajstić information content (AvgIpc) is 1.85. The van der Waals surface area contributed by atoms with Crippen molar-refractivity contribution in [2.75, 3.05) is 18.8 Å². The second-order valence-corrected chi connectivity index (χ2v) is 3.12. The predicted molar refractivity (Wildman–Crippen MR) is 40.4 cm³/mol. The second-order valence-electron chi connectivity index (χ2n) is 1.73. The van der Waals surface area contributed by atoms with Gasteiger partial charge in [-0.3, -0.25) is 0 Å². The van der Waals surface area contributed by atoms with Crippen molar-refractivity contribution >= 4 is 11.0 Å². The zero-order valence-corrected chi connectivity index (χ0v) is 6.54. The van der Waals surface area contributed by atoms with E-state index in [-0.39, 0.29) is 0 Å². The normalized spacial score (nSPS) is 13.6. The standard InChI is InChI=1S/C5H14N2OS/c1-2-5-9(8)7-4-3-6/h7H,2-6H2,1H3. The van der Waals surface area contributed by atoms with Crippen LogP contribution in [0.3, 0.4) is 0 Å². The molecule has 9 heavy (non-hydrogen) atoms. The molecule has 0 aromatic rings. The van der Waals surface area contributed by atoms with Crippen molar-refractivity contribution in [2.45, 2.75) is 13.3 Å². The van der Waals surface area contributed by atoms with Crippen LogP contribution in [0, 0.1) is 0 Å². The highest BCUT2D eigenvalue weighted by atomic mass is 32.2. The Bertz CT molecular complexity index is 87.0. The van der Waals surface area contributed by atoms with Crippen molar-refractivity contribution < 1.29 is 4.21 Å². The van der Waals surface area contributed by atoms with E-state index in [4.69, 9.17) is 5.73 Å². The molecule has 3 nitrogen and oxygen atoms in total. The third kappa shape index (κ3) is 5.95. The number of nitrogens with one attached hydrogen (secondary N) is 1. The van der Waals surface area contributed by atoms with E-state index in [1.54, 1.807) is 0 Å². The van der Waals surface area contributed by atoms with Gasteiger partial charge < -0.3 is 5.73 Å². The molecule has 0 rings (SSSR count). The van der Waals surface area contributed by atoms with Crippen LogP contribution in [-0.2, 0) is 11.0 Å². The Kier molecular flexibility index (Phi) is 6.24. The Labute approximate surface area is 58.6 Å². The zero-order valence-electron chi connectivity index (χ0n) is 5.72. The van der Waals surface area contributed by atoms with Gasteiger partial charge in [0, 0.05) is 18.8 Å². The van der Waals surface area contributed by atoms with E-state index < -0.39 is 11.0 Å². The molecule has 56 valence electrons. The molecule has 4 heteroatoms. The van der Waals surface area contributed by atoms with Gasteiger partial charge >= 0.3 is 0 Å². The smallest absolute Gasteiger partial charge is 0.0915 e. The molecule has 0 saturated carbocycles. The van der Waals surface area contributed by atoms with Crippen LogP contribution in [0.2, 0.25) is 0 Å². The Morgan fingerprint density at radius 1 is 1.67 bits per heavy atom. The van der Waals surface area contributed by atoms with Gasteiger partial charge in [-0.25, -0.2) is 8.93 Å². The van der Waals surface area contributed by atoms with E-state index in [2.05, 4.69) is 4.72 Å². The molecular formula is C5H14N2OS. The lowest BCUT2D eigenvalue weighted by Crippen LogP contribution is -2.25. The van der Waals surface area contributed by atoms with Crippen LogP contribution in [0.15, 0.2) is 0 Å². The van der Waals surface area contributed by atoms with Crippen molar-refractivity contribution in [1.29, 1.82) is 0 Å². The minimum absolute atomic E-state index is 0.551. The van der Waals surface area contributed by atoms with Crippen molar-refractivity contribution in [3.63, 3.8) is 0 Å². The first-order valence-electron chi connectivity index (χ1n) is 3.13. The fourth-order valence-electron chi connectivity index (χ4n) is 0.430. The second kappa shape index (κ2) is 6.19. The third-order valence-corrected chi connectivity index (χ3v) is 2.10. The van der Waals surface area contributed by atoms with E-state index in [0.717, 1.165) is 12.2 Å². The fourth-order valence-corrected chi connectivity index (χ4v) is 1.29. The molecule has 0 aromatic carbocycles. The number of nitrogens with two attached hydrogens (primary N) is 1. The summed E-state index contributed by atoms with van der Waals surface area (Å²) in [5.74, 6) is 0.722. The maximum absolute atomic E-state index is 10.7. The molecule has 3 N–H and O–H groups in total. The lowest BCUT2D eigenvalue weighted by atomic mass is 10.6. The van der Waals surface area contributed by atoms with E-state index in [0.29, 0.717) is 13.1 Å². The molecule has 0 amide bonds. The number of rotatable bonds is 5. The van der Waals surface area contributed by atoms with Gasteiger partial charge in [0.05, 0.1) is 11.0 Å². The van der Waals surface area contributed by atoms with Crippen LogP contribution in [0.25, 0.3) is 0 Å². The van der Waals surface area contributed by atoms with Crippen LogP contribution in [-0.4, -0.2) is 23.1 Å². The summed E-state index contributed by atoms with van der Waals surface area (Å²) in [4.78, 5) is 0. The summed E-state index contributed by atoms with van der Waals surface area (Å²) in [7, 11) is -0.850. The van der Waals surface area contributed by atoms with Crippen LogP contribution in [0.5, 0.6) is 0 Å². The Hall–Kier alpha value is 0.0700. The molecule has 0 spiro atoms. The Balaban J connectivity index is 3.06. The van der Waals surface area contributed by atoms with Gasteiger partial charge in [-0.2, -0.15) is 0 Å². The molecule has 0 aromatic heterocycles. The summed E-state index contributed by atoms with van der Waals surface area (Å²) in [6.45, 7) is 3.20. The topological polar surface area (TPSA) is 55.1 Å². The summed E-state index contributed by atoms with van der Waals surface area (Å²) in [5, 5.41) is 0. The quantitative estimate of drug-likeness (QED) is 0.560. The monoisotopic (exact) mass is 150 g/mol. The molecule has 0 bridgehead atoms. The van der Waals surface area contributed by atoms with Crippen molar-refractivity contribution in [3.05, 3.63) is 0 Å². The average molecular weight is 150 g/mol. The first-order valence-corrected chi connectivity index (χ1v) is 4.45. The first-order chi connectivity index (χ1) is 4.31. The predicted octanol–water partition coefficient (Wildman–Crippen LogP) is -0.392. The summed E-state index contributed by atoms with van der Waals surface area (Å²) in [6.07, 6.45) is 0.949. The van der Waals surface area contributed by atoms with Gasteiger partial charge in [-0.05, 0) is 6.42 Å². The maximum atomic E-state index is 10.7. The zero-order chi connectivity index (χ0) is 7.11. The van der Waals surface area contributed by atoms with Crippen LogP contribution < -0.4 is 10.5 Å². The highest BCUT2D eigenvalue weighted by Crippen LogP contribution is 1.79. The minimum atomic E-state index is -0.850. The van der Waals surface area contributed by atoms with Gasteiger partial charge in [0.25, 0.3) is 0 Å². The number of hydrogen-bond donors (Lipinski definition) is 2. The number of hydrogen-bond acceptors (Lipinski definition) is 2. The van der Waals surface area contributed by atoms with Crippen LogP contribution in [0.4, 0.5) is 0 Å². The summed E-state index contributed by atoms with van der Waals surface area (Å²) in [6, 6.07) is 0. The molecule has 1 unspecified atom stereocenters. The fraction of sp³-hybridized carbons (Fsp3) is 1.00. The Morgan fingerprint density at radius 2 is 2.33 bits per heavy atom. The lowest BCUT2D eigenvalue weighted by Gasteiger charge is -1.98. The van der Waals surface area contributed by atoms with Gasteiger partial charge in [-0.1, -0.05) is 6.92 Å². The molecule has 1 atom stereocenters. The molecule has 0 saturated heterocycles. The van der Waals surface area contributed by atoms with Crippen molar-refractivity contribution in [1.82, 2.24) is 4.72 Å². The molecule has 0 fully saturated rings. The highest BCUT2D eigenvalue weighted by molar-refractivity contribution is 7.82. The summed E-state index contributed by atoms with van der Waals surface area (Å²) >= 11 is 0. The molecule has 0 aliphatic carbocycles. The maximum Gasteiger partial charge on any atom is 0.0915 e. The largest absolute Gasteiger partial charge is 0.329 e. The van der Waals surface area contributed by atoms with E-state index in [9.17, 15) is 4.21 Å². The van der Waals surface area contributed by atoms with Gasteiger partial charge in [-0.15, -0.1) is 0 Å². The molecule has 0 heterocycles. The van der Waals surface area contributed by atoms with Gasteiger partial charge in [0.15, 0.2) is 0 Å². The van der Waals surface area contributed by atoms with Gasteiger partial charge in [0.2, 0.25) is 0 Å². The third-order valence-electron chi connectivity index (χ3n) is 0.797. The summed E-state index contributed by atoms with van der Waals surface area (Å²) < 4.78 is 13.5. The Morgan fingerprint density at radius 3 is 2.78 bits per heavy atom. The molecule has 0 aliphatic heterocycles. The van der Waals surface area contributed by atoms with E-state index >= 15 is 0 Å². The molecule has 0 aliphatic rings. The molecule has 0 radical (unpaired) electrons. The van der Waals surface area contributed by atoms with Crippen LogP contribution in [0.1, 0.15) is 13.3 Å². The van der Waals surface area contributed by atoms with Crippen LogP contribution >= 0.6 is 0 Å². The highest BCUT2D eigenvalue weighted by Gasteiger charge is 1.92. The first kappa shape index (κ1) is 9.07. The summed E-state index contributed by atoms with van der Waals surface area (Å²) in [5.41, 5.74) is 5.18. The lowest BCUT2D eigenvalue weighted by molar-refractivity contribution is 0.670. The van der Waals surface area contributed by atoms with Crippen molar-refractivity contribution in [2.24, 2.45) is 5.73 Å². The van der Waals surface area contributed by atoms with Gasteiger partial charge in [0.1, 0.15) is 0 Å². The van der Waals surface area contributed by atoms with Crippen molar-refractivity contribution in [3.8, 4) is 0 Å².